The molecule has 1 nitrogen and oxygen atoms in total. The fourth-order valence-electron chi connectivity index (χ4n) is 2.80. The van der Waals surface area contributed by atoms with Gasteiger partial charge in [0.25, 0.3) is 0 Å². The molecule has 128 valence electrons. The number of benzene rings is 1. The molecule has 25 heavy (non-hydrogen) atoms. The van der Waals surface area contributed by atoms with Gasteiger partial charge in [-0.25, -0.2) is 4.39 Å². The standard InChI is InChI=1S/C21H20FNS2/c1-13(2)12-23-15(4)20(25-21(23)24)10-16-6-8-17(9-16)18-7-5-14(3)19(22)11-18/h5-8,10-11H,1,4,9,12H2,2-3H3/b20-10-. The second kappa shape index (κ2) is 7.06. The summed E-state index contributed by atoms with van der Waals surface area (Å²) in [7, 11) is 0. The van der Waals surface area contributed by atoms with Gasteiger partial charge in [0.1, 0.15) is 5.82 Å². The van der Waals surface area contributed by atoms with Crippen molar-refractivity contribution in [2.24, 2.45) is 0 Å². The third kappa shape index (κ3) is 3.80. The predicted octanol–water partition coefficient (Wildman–Crippen LogP) is 4.91. The number of allylic oxidation sites excluding steroid dienone is 5. The highest BCUT2D eigenvalue weighted by Gasteiger charge is 2.11. The van der Waals surface area contributed by atoms with Crippen LogP contribution in [0.2, 0.25) is 0 Å². The van der Waals surface area contributed by atoms with E-state index in [1.807, 2.05) is 23.6 Å². The summed E-state index contributed by atoms with van der Waals surface area (Å²) in [6, 6.07) is 5.41. The molecule has 0 amide bonds. The fourth-order valence-corrected chi connectivity index (χ4v) is 4.15. The zero-order chi connectivity index (χ0) is 18.1. The molecule has 0 unspecified atom stereocenters. The Morgan fingerprint density at radius 1 is 1.40 bits per heavy atom. The van der Waals surface area contributed by atoms with E-state index in [1.54, 1.807) is 24.3 Å². The van der Waals surface area contributed by atoms with Crippen LogP contribution < -0.4 is 9.88 Å². The van der Waals surface area contributed by atoms with Crippen molar-refractivity contribution < 1.29 is 4.39 Å². The molecule has 0 N–H and O–H groups in total. The minimum absolute atomic E-state index is 0.161. The molecule has 1 aliphatic carbocycles. The zero-order valence-corrected chi connectivity index (χ0v) is 16.1. The molecule has 0 aliphatic heterocycles. The Hall–Kier alpha value is -2.04. The summed E-state index contributed by atoms with van der Waals surface area (Å²) in [6.45, 7) is 12.6. The van der Waals surface area contributed by atoms with Crippen molar-refractivity contribution >= 4 is 41.8 Å². The molecule has 1 aliphatic rings. The molecule has 1 aromatic heterocycles. The Kier molecular flexibility index (Phi) is 5.02. The average molecular weight is 370 g/mol. The first-order valence-corrected chi connectivity index (χ1v) is 9.28. The normalized spacial score (nSPS) is 14.6. The van der Waals surface area contributed by atoms with Crippen LogP contribution in [0.1, 0.15) is 24.5 Å². The van der Waals surface area contributed by atoms with Gasteiger partial charge in [0.05, 0.1) is 9.88 Å². The summed E-state index contributed by atoms with van der Waals surface area (Å²) in [4.78, 5) is 0. The fraction of sp³-hybridized carbons (Fsp3) is 0.190. The Morgan fingerprint density at radius 3 is 2.84 bits per heavy atom. The van der Waals surface area contributed by atoms with Crippen molar-refractivity contribution in [3.05, 3.63) is 78.9 Å². The molecule has 0 atom stereocenters. The second-order valence-corrected chi connectivity index (χ2v) is 8.12. The van der Waals surface area contributed by atoms with Crippen molar-refractivity contribution in [1.29, 1.82) is 0 Å². The maximum atomic E-state index is 13.8. The Balaban J connectivity index is 1.86. The van der Waals surface area contributed by atoms with Crippen LogP contribution in [0.4, 0.5) is 4.39 Å². The van der Waals surface area contributed by atoms with Crippen molar-refractivity contribution in [2.75, 3.05) is 0 Å². The molecule has 0 saturated carbocycles. The van der Waals surface area contributed by atoms with Crippen LogP contribution in [0.3, 0.4) is 0 Å². The average Bonchev–Trinajstić information content (AvgIpc) is 3.11. The number of thiazole rings is 1. The Bertz CT molecular complexity index is 1080. The summed E-state index contributed by atoms with van der Waals surface area (Å²) >= 11 is 7.02. The van der Waals surface area contributed by atoms with Gasteiger partial charge in [0.15, 0.2) is 3.95 Å². The van der Waals surface area contributed by atoms with E-state index in [-0.39, 0.29) is 5.82 Å². The lowest BCUT2D eigenvalue weighted by molar-refractivity contribution is 0.618. The molecule has 4 heteroatoms. The number of hydrogen-bond acceptors (Lipinski definition) is 2. The summed E-state index contributed by atoms with van der Waals surface area (Å²) in [5, 5.41) is 0.925. The van der Waals surface area contributed by atoms with Gasteiger partial charge in [0.2, 0.25) is 0 Å². The van der Waals surface area contributed by atoms with Crippen molar-refractivity contribution in [1.82, 2.24) is 4.57 Å². The van der Waals surface area contributed by atoms with E-state index in [9.17, 15) is 4.39 Å². The highest BCUT2D eigenvalue weighted by atomic mass is 32.1. The predicted molar refractivity (Wildman–Crippen MR) is 109 cm³/mol. The number of aromatic nitrogens is 1. The van der Waals surface area contributed by atoms with Gasteiger partial charge >= 0.3 is 0 Å². The van der Waals surface area contributed by atoms with Gasteiger partial charge in [-0.05, 0) is 66.9 Å². The van der Waals surface area contributed by atoms with E-state index in [0.717, 1.165) is 37.0 Å². The van der Waals surface area contributed by atoms with Crippen LogP contribution in [0.25, 0.3) is 18.2 Å². The number of nitrogens with zero attached hydrogens (tertiary/aromatic N) is 1. The van der Waals surface area contributed by atoms with Gasteiger partial charge in [-0.3, -0.25) is 0 Å². The minimum atomic E-state index is -0.161. The molecule has 0 spiro atoms. The van der Waals surface area contributed by atoms with Crippen LogP contribution in [0.5, 0.6) is 0 Å². The number of aryl methyl sites for hydroxylation is 1. The van der Waals surface area contributed by atoms with E-state index >= 15 is 0 Å². The molecule has 0 radical (unpaired) electrons. The van der Waals surface area contributed by atoms with Crippen LogP contribution in [0.15, 0.2) is 48.1 Å². The second-order valence-electron chi connectivity index (χ2n) is 6.44. The quantitative estimate of drug-likeness (QED) is 0.548. The minimum Gasteiger partial charge on any atom is -0.319 e. The Labute approximate surface area is 156 Å². The lowest BCUT2D eigenvalue weighted by atomic mass is 10.0. The van der Waals surface area contributed by atoms with Crippen LogP contribution in [-0.4, -0.2) is 4.57 Å². The molecular formula is C21H20FNS2. The monoisotopic (exact) mass is 369 g/mol. The molecule has 1 aromatic carbocycles. The van der Waals surface area contributed by atoms with Crippen molar-refractivity contribution in [2.45, 2.75) is 26.8 Å². The largest absolute Gasteiger partial charge is 0.319 e. The lowest BCUT2D eigenvalue weighted by Gasteiger charge is -2.05. The number of hydrogen-bond donors (Lipinski definition) is 0. The number of halogens is 1. The van der Waals surface area contributed by atoms with Crippen LogP contribution >= 0.6 is 23.6 Å². The SMILES string of the molecule is C=C(C)Cn1c(=S)s/c(=C\C2=CC=C(c3ccc(C)c(F)c3)C2)c1=C. The molecular weight excluding hydrogens is 349 g/mol. The van der Waals surface area contributed by atoms with Crippen molar-refractivity contribution in [3.8, 4) is 0 Å². The first kappa shape index (κ1) is 17.8. The summed E-state index contributed by atoms with van der Waals surface area (Å²) in [5.74, 6) is -0.161. The van der Waals surface area contributed by atoms with Gasteiger partial charge in [-0.2, -0.15) is 0 Å². The van der Waals surface area contributed by atoms with Crippen LogP contribution in [0, 0.1) is 16.7 Å². The third-order valence-corrected chi connectivity index (χ3v) is 5.65. The van der Waals surface area contributed by atoms with Gasteiger partial charge in [0, 0.05) is 6.54 Å². The smallest absolute Gasteiger partial charge is 0.162 e. The van der Waals surface area contributed by atoms with Crippen molar-refractivity contribution in [3.63, 3.8) is 0 Å². The molecule has 0 saturated heterocycles. The first-order valence-electron chi connectivity index (χ1n) is 8.06. The van der Waals surface area contributed by atoms with Crippen LogP contribution in [-0.2, 0) is 6.54 Å². The van der Waals surface area contributed by atoms with E-state index in [1.165, 1.54) is 5.57 Å². The summed E-state index contributed by atoms with van der Waals surface area (Å²) in [5.41, 5.74) is 4.96. The lowest BCUT2D eigenvalue weighted by Crippen LogP contribution is -2.27. The van der Waals surface area contributed by atoms with E-state index in [4.69, 9.17) is 12.2 Å². The highest BCUT2D eigenvalue weighted by molar-refractivity contribution is 7.73. The number of rotatable bonds is 4. The topological polar surface area (TPSA) is 4.93 Å². The van der Waals surface area contributed by atoms with E-state index in [2.05, 4.69) is 31.4 Å². The maximum Gasteiger partial charge on any atom is 0.162 e. The molecule has 0 bridgehead atoms. The van der Waals surface area contributed by atoms with Gasteiger partial charge in [-0.15, -0.1) is 11.3 Å². The van der Waals surface area contributed by atoms with E-state index < -0.39 is 0 Å². The van der Waals surface area contributed by atoms with Gasteiger partial charge < -0.3 is 4.57 Å². The first-order chi connectivity index (χ1) is 11.8. The third-order valence-electron chi connectivity index (χ3n) is 4.21. The maximum absolute atomic E-state index is 13.8. The molecule has 3 rings (SSSR count). The van der Waals surface area contributed by atoms with E-state index in [0.29, 0.717) is 12.1 Å². The molecule has 1 heterocycles. The summed E-state index contributed by atoms with van der Waals surface area (Å²) < 4.78 is 17.7. The van der Waals surface area contributed by atoms with Gasteiger partial charge in [-0.1, -0.05) is 43.0 Å². The highest BCUT2D eigenvalue weighted by Crippen LogP contribution is 2.29. The Morgan fingerprint density at radius 2 is 2.16 bits per heavy atom. The zero-order valence-electron chi connectivity index (χ0n) is 14.4. The molecule has 2 aromatic rings. The summed E-state index contributed by atoms with van der Waals surface area (Å²) in [6.07, 6.45) is 7.06. The molecule has 0 fully saturated rings.